The molecule has 156 valence electrons. The Kier molecular flexibility index (Phi) is 6.21. The maximum atomic E-state index is 13.3. The van der Waals surface area contributed by atoms with Crippen LogP contribution in [-0.2, 0) is 9.84 Å². The third kappa shape index (κ3) is 4.57. The molecule has 1 saturated carbocycles. The predicted molar refractivity (Wildman–Crippen MR) is 101 cm³/mol. The smallest absolute Gasteiger partial charge is 0.255 e. The van der Waals surface area contributed by atoms with Crippen molar-refractivity contribution in [3.8, 4) is 0 Å². The number of sulfone groups is 1. The Morgan fingerprint density at radius 2 is 1.62 bits per heavy atom. The molecule has 2 aromatic rings. The zero-order valence-electron chi connectivity index (χ0n) is 15.0. The lowest BCUT2D eigenvalue weighted by molar-refractivity contribution is 0.102. The van der Waals surface area contributed by atoms with E-state index in [-0.39, 0.29) is 34.0 Å². The number of anilines is 1. The van der Waals surface area contributed by atoms with Crippen molar-refractivity contribution in [3.05, 3.63) is 58.4 Å². The van der Waals surface area contributed by atoms with Crippen molar-refractivity contribution in [1.29, 1.82) is 0 Å². The second kappa shape index (κ2) is 8.33. The molecule has 0 spiro atoms. The molecule has 1 aliphatic carbocycles. The van der Waals surface area contributed by atoms with Gasteiger partial charge in [0.1, 0.15) is 0 Å². The molecule has 2 aromatic carbocycles. The Morgan fingerprint density at radius 3 is 2.21 bits per heavy atom. The zero-order chi connectivity index (χ0) is 21.3. The van der Waals surface area contributed by atoms with Crippen LogP contribution in [0.1, 0.15) is 36.0 Å². The molecule has 0 atom stereocenters. The number of amides is 1. The average Bonchev–Trinajstić information content (AvgIpc) is 2.66. The van der Waals surface area contributed by atoms with Crippen molar-refractivity contribution < 1.29 is 31.5 Å². The minimum atomic E-state index is -3.86. The molecule has 0 aliphatic heterocycles. The fraction of sp³-hybridized carbons (Fsp3) is 0.316. The third-order valence-electron chi connectivity index (χ3n) is 4.82. The molecule has 0 bridgehead atoms. The van der Waals surface area contributed by atoms with Gasteiger partial charge in [-0.3, -0.25) is 4.79 Å². The second-order valence-electron chi connectivity index (χ2n) is 6.83. The van der Waals surface area contributed by atoms with Gasteiger partial charge in [-0.2, -0.15) is 0 Å². The fourth-order valence-electron chi connectivity index (χ4n) is 3.23. The van der Waals surface area contributed by atoms with Crippen LogP contribution in [0.3, 0.4) is 0 Å². The molecular weight excluding hydrogens is 431 g/mol. The molecule has 0 saturated heterocycles. The normalized spacial score (nSPS) is 19.8. The molecule has 29 heavy (non-hydrogen) atoms. The van der Waals surface area contributed by atoms with Gasteiger partial charge in [-0.15, -0.1) is 0 Å². The molecule has 3 rings (SSSR count). The van der Waals surface area contributed by atoms with E-state index in [2.05, 4.69) is 5.32 Å². The van der Waals surface area contributed by atoms with Gasteiger partial charge in [0.15, 0.2) is 27.3 Å². The summed E-state index contributed by atoms with van der Waals surface area (Å²) in [6, 6.07) is 4.81. The van der Waals surface area contributed by atoms with Crippen molar-refractivity contribution in [3.63, 3.8) is 0 Å². The summed E-state index contributed by atoms with van der Waals surface area (Å²) >= 11 is 6.05. The van der Waals surface area contributed by atoms with Crippen molar-refractivity contribution >= 4 is 33.0 Å². The van der Waals surface area contributed by atoms with Crippen LogP contribution in [0.5, 0.6) is 0 Å². The van der Waals surface area contributed by atoms with Crippen molar-refractivity contribution in [2.75, 3.05) is 5.32 Å². The van der Waals surface area contributed by atoms with Gasteiger partial charge in [0.05, 0.1) is 21.3 Å². The molecule has 1 fully saturated rings. The van der Waals surface area contributed by atoms with Crippen LogP contribution in [-0.4, -0.2) is 30.8 Å². The topological polar surface area (TPSA) is 83.5 Å². The van der Waals surface area contributed by atoms with Crippen LogP contribution in [0.15, 0.2) is 35.2 Å². The van der Waals surface area contributed by atoms with Gasteiger partial charge in [0.2, 0.25) is 0 Å². The lowest BCUT2D eigenvalue weighted by atomic mass is 9.97. The molecule has 0 unspecified atom stereocenters. The molecule has 1 aliphatic rings. The summed E-state index contributed by atoms with van der Waals surface area (Å²) in [4.78, 5) is 12.2. The van der Waals surface area contributed by atoms with Crippen molar-refractivity contribution in [1.82, 2.24) is 0 Å². The molecule has 2 N–H and O–H groups in total. The van der Waals surface area contributed by atoms with E-state index in [1.165, 1.54) is 12.1 Å². The van der Waals surface area contributed by atoms with Gasteiger partial charge in [-0.25, -0.2) is 21.6 Å². The van der Waals surface area contributed by atoms with Gasteiger partial charge in [0, 0.05) is 23.4 Å². The summed E-state index contributed by atoms with van der Waals surface area (Å²) in [5.41, 5.74) is -0.430. The number of carbonyl (C=O) groups excluding carboxylic acids is 1. The van der Waals surface area contributed by atoms with E-state index in [0.29, 0.717) is 25.0 Å². The van der Waals surface area contributed by atoms with Crippen molar-refractivity contribution in [2.45, 2.75) is 41.9 Å². The summed E-state index contributed by atoms with van der Waals surface area (Å²) < 4.78 is 65.6. The van der Waals surface area contributed by atoms with Crippen LogP contribution < -0.4 is 5.32 Å². The molecule has 0 radical (unpaired) electrons. The third-order valence-corrected chi connectivity index (χ3v) is 7.57. The number of carbonyl (C=O) groups is 1. The highest BCUT2D eigenvalue weighted by molar-refractivity contribution is 7.92. The van der Waals surface area contributed by atoms with E-state index < -0.39 is 44.5 Å². The average molecular weight is 448 g/mol. The van der Waals surface area contributed by atoms with Gasteiger partial charge in [-0.1, -0.05) is 11.6 Å². The maximum Gasteiger partial charge on any atom is 0.255 e. The largest absolute Gasteiger partial charge is 0.393 e. The minimum Gasteiger partial charge on any atom is -0.393 e. The van der Waals surface area contributed by atoms with Crippen LogP contribution in [0.4, 0.5) is 18.9 Å². The van der Waals surface area contributed by atoms with Crippen LogP contribution in [0.2, 0.25) is 5.02 Å². The second-order valence-corrected chi connectivity index (χ2v) is 9.43. The Morgan fingerprint density at radius 1 is 1.03 bits per heavy atom. The number of hydrogen-bond acceptors (Lipinski definition) is 4. The highest BCUT2D eigenvalue weighted by Gasteiger charge is 2.33. The first kappa shape index (κ1) is 21.6. The van der Waals surface area contributed by atoms with Gasteiger partial charge in [0.25, 0.3) is 5.91 Å². The van der Waals surface area contributed by atoms with E-state index in [1.54, 1.807) is 0 Å². The first-order valence-corrected chi connectivity index (χ1v) is 10.7. The monoisotopic (exact) mass is 447 g/mol. The van der Waals surface area contributed by atoms with Crippen LogP contribution in [0, 0.1) is 17.5 Å². The Hall–Kier alpha value is -2.10. The Labute approximate surface area is 170 Å². The molecule has 5 nitrogen and oxygen atoms in total. The van der Waals surface area contributed by atoms with Gasteiger partial charge >= 0.3 is 0 Å². The lowest BCUT2D eigenvalue weighted by Crippen LogP contribution is -2.29. The van der Waals surface area contributed by atoms with E-state index in [4.69, 9.17) is 11.6 Å². The highest BCUT2D eigenvalue weighted by Crippen LogP contribution is 2.33. The summed E-state index contributed by atoms with van der Waals surface area (Å²) in [6.45, 7) is 0. The zero-order valence-corrected chi connectivity index (χ0v) is 16.5. The molecule has 1 amide bonds. The van der Waals surface area contributed by atoms with E-state index >= 15 is 0 Å². The number of hydrogen-bond donors (Lipinski definition) is 2. The maximum absolute atomic E-state index is 13.3. The number of halogens is 4. The first-order chi connectivity index (χ1) is 13.6. The number of nitrogens with one attached hydrogen (secondary N) is 1. The number of aliphatic hydroxyl groups excluding tert-OH is 1. The molecule has 0 heterocycles. The van der Waals surface area contributed by atoms with Crippen LogP contribution >= 0.6 is 11.6 Å². The standard InChI is InChI=1S/C19H17ClF3NO4S/c20-14-6-1-10(19(26)24-11-8-15(21)18(23)16(22)9-11)7-17(14)29(27,28)13-4-2-12(25)3-5-13/h1,6-9,12-13,25H,2-5H2,(H,24,26)/t12-,13+. The van der Waals surface area contributed by atoms with Crippen LogP contribution in [0.25, 0.3) is 0 Å². The molecular formula is C19H17ClF3NO4S. The summed E-state index contributed by atoms with van der Waals surface area (Å²) in [5.74, 6) is -5.46. The van der Waals surface area contributed by atoms with E-state index in [0.717, 1.165) is 6.07 Å². The highest BCUT2D eigenvalue weighted by atomic mass is 35.5. The van der Waals surface area contributed by atoms with Gasteiger partial charge in [-0.05, 0) is 43.9 Å². The quantitative estimate of drug-likeness (QED) is 0.691. The van der Waals surface area contributed by atoms with E-state index in [9.17, 15) is 31.5 Å². The van der Waals surface area contributed by atoms with Gasteiger partial charge < -0.3 is 10.4 Å². The minimum absolute atomic E-state index is 0.0634. The Balaban J connectivity index is 1.87. The first-order valence-electron chi connectivity index (χ1n) is 8.77. The number of benzene rings is 2. The number of rotatable bonds is 4. The summed E-state index contributed by atoms with van der Waals surface area (Å²) in [7, 11) is -3.86. The van der Waals surface area contributed by atoms with E-state index in [1.807, 2.05) is 0 Å². The fourth-order valence-corrected chi connectivity index (χ4v) is 5.55. The summed E-state index contributed by atoms with van der Waals surface area (Å²) in [5, 5.41) is 11.0. The Bertz CT molecular complexity index is 1030. The molecule has 0 aromatic heterocycles. The SMILES string of the molecule is O=C(Nc1cc(F)c(F)c(F)c1)c1ccc(Cl)c(S(=O)(=O)[C@H]2CC[C@@H](O)CC2)c1. The molecule has 10 heteroatoms. The lowest BCUT2D eigenvalue weighted by Gasteiger charge is -2.25. The summed E-state index contributed by atoms with van der Waals surface area (Å²) in [6.07, 6.45) is 0.701. The predicted octanol–water partition coefficient (Wildman–Crippen LogP) is 4.09. The number of aliphatic hydroxyl groups is 1. The van der Waals surface area contributed by atoms with Crippen molar-refractivity contribution in [2.24, 2.45) is 0 Å².